The smallest absolute Gasteiger partial charge is 0.122 e. The Morgan fingerprint density at radius 2 is 2.12 bits per heavy atom. The van der Waals surface area contributed by atoms with Gasteiger partial charge >= 0.3 is 0 Å². The Morgan fingerprint density at radius 3 is 2.82 bits per heavy atom. The maximum Gasteiger partial charge on any atom is 0.122 e. The van der Waals surface area contributed by atoms with E-state index in [4.69, 9.17) is 9.15 Å². The van der Waals surface area contributed by atoms with Gasteiger partial charge in [0, 0.05) is 11.8 Å². The number of anilines is 1. The highest BCUT2D eigenvalue weighted by Gasteiger charge is 2.00. The van der Waals surface area contributed by atoms with Gasteiger partial charge in [0.15, 0.2) is 0 Å². The summed E-state index contributed by atoms with van der Waals surface area (Å²) in [7, 11) is 0. The van der Waals surface area contributed by atoms with Crippen molar-refractivity contribution in [1.29, 1.82) is 0 Å². The molecule has 1 N–H and O–H groups in total. The minimum atomic E-state index is 0.190. The molecule has 0 radical (unpaired) electrons. The SMILES string of the molecule is CC(C)Oc1cccc(NCc2ccco2)c1. The average molecular weight is 231 g/mol. The maximum atomic E-state index is 5.63. The largest absolute Gasteiger partial charge is 0.491 e. The molecule has 1 heterocycles. The first-order valence-electron chi connectivity index (χ1n) is 5.77. The van der Waals surface area contributed by atoms with Gasteiger partial charge in [0.25, 0.3) is 0 Å². The third-order valence-electron chi connectivity index (χ3n) is 2.25. The van der Waals surface area contributed by atoms with Crippen LogP contribution in [0.2, 0.25) is 0 Å². The van der Waals surface area contributed by atoms with Crippen LogP contribution < -0.4 is 10.1 Å². The van der Waals surface area contributed by atoms with Crippen LogP contribution in [0.5, 0.6) is 5.75 Å². The predicted octanol–water partition coefficient (Wildman–Crippen LogP) is 3.68. The summed E-state index contributed by atoms with van der Waals surface area (Å²) in [5.41, 5.74) is 1.03. The van der Waals surface area contributed by atoms with Gasteiger partial charge in [-0.05, 0) is 38.1 Å². The minimum absolute atomic E-state index is 0.190. The molecule has 0 spiro atoms. The number of furan rings is 1. The summed E-state index contributed by atoms with van der Waals surface area (Å²) >= 11 is 0. The molecule has 17 heavy (non-hydrogen) atoms. The lowest BCUT2D eigenvalue weighted by atomic mass is 10.3. The monoisotopic (exact) mass is 231 g/mol. The Hall–Kier alpha value is -1.90. The molecular formula is C14H17NO2. The zero-order valence-corrected chi connectivity index (χ0v) is 10.1. The van der Waals surface area contributed by atoms with E-state index in [0.29, 0.717) is 6.54 Å². The quantitative estimate of drug-likeness (QED) is 0.852. The molecular weight excluding hydrogens is 214 g/mol. The second-order valence-corrected chi connectivity index (χ2v) is 4.13. The molecule has 3 heteroatoms. The molecule has 1 aromatic carbocycles. The van der Waals surface area contributed by atoms with Gasteiger partial charge in [0.1, 0.15) is 11.5 Å². The second-order valence-electron chi connectivity index (χ2n) is 4.13. The van der Waals surface area contributed by atoms with Crippen LogP contribution in [-0.2, 0) is 6.54 Å². The summed E-state index contributed by atoms with van der Waals surface area (Å²) in [6.45, 7) is 4.71. The lowest BCUT2D eigenvalue weighted by molar-refractivity contribution is 0.242. The number of hydrogen-bond donors (Lipinski definition) is 1. The Kier molecular flexibility index (Phi) is 3.70. The van der Waals surface area contributed by atoms with Crippen LogP contribution in [0, 0.1) is 0 Å². The predicted molar refractivity (Wildman–Crippen MR) is 68.2 cm³/mol. The lowest BCUT2D eigenvalue weighted by Gasteiger charge is -2.11. The maximum absolute atomic E-state index is 5.63. The van der Waals surface area contributed by atoms with Crippen molar-refractivity contribution >= 4 is 5.69 Å². The molecule has 2 aromatic rings. The van der Waals surface area contributed by atoms with E-state index in [0.717, 1.165) is 17.2 Å². The Balaban J connectivity index is 1.96. The molecule has 2 rings (SSSR count). The molecule has 0 aliphatic heterocycles. The first-order chi connectivity index (χ1) is 8.24. The van der Waals surface area contributed by atoms with Crippen LogP contribution in [0.3, 0.4) is 0 Å². The van der Waals surface area contributed by atoms with Crippen molar-refractivity contribution in [2.45, 2.75) is 26.5 Å². The molecule has 3 nitrogen and oxygen atoms in total. The van der Waals surface area contributed by atoms with Crippen molar-refractivity contribution in [3.63, 3.8) is 0 Å². The molecule has 0 aliphatic carbocycles. The molecule has 0 aliphatic rings. The fourth-order valence-corrected chi connectivity index (χ4v) is 1.55. The molecule has 0 amide bonds. The molecule has 0 atom stereocenters. The summed E-state index contributed by atoms with van der Waals surface area (Å²) in [6.07, 6.45) is 1.87. The topological polar surface area (TPSA) is 34.4 Å². The van der Waals surface area contributed by atoms with Crippen LogP contribution in [0.4, 0.5) is 5.69 Å². The molecule has 90 valence electrons. The molecule has 1 aromatic heterocycles. The van der Waals surface area contributed by atoms with Gasteiger partial charge in [-0.1, -0.05) is 6.07 Å². The summed E-state index contributed by atoms with van der Waals surface area (Å²) in [5.74, 6) is 1.80. The van der Waals surface area contributed by atoms with Crippen molar-refractivity contribution in [2.24, 2.45) is 0 Å². The van der Waals surface area contributed by atoms with E-state index in [-0.39, 0.29) is 6.10 Å². The van der Waals surface area contributed by atoms with Crippen LogP contribution in [0.1, 0.15) is 19.6 Å². The number of hydrogen-bond acceptors (Lipinski definition) is 3. The first kappa shape index (κ1) is 11.6. The van der Waals surface area contributed by atoms with E-state index in [1.807, 2.05) is 50.2 Å². The fourth-order valence-electron chi connectivity index (χ4n) is 1.55. The third-order valence-corrected chi connectivity index (χ3v) is 2.25. The summed E-state index contributed by atoms with van der Waals surface area (Å²) < 4.78 is 10.9. The molecule has 0 bridgehead atoms. The fraction of sp³-hybridized carbons (Fsp3) is 0.286. The highest BCUT2D eigenvalue weighted by atomic mass is 16.5. The first-order valence-corrected chi connectivity index (χ1v) is 5.77. The number of nitrogens with one attached hydrogen (secondary N) is 1. The van der Waals surface area contributed by atoms with Crippen molar-refractivity contribution in [3.8, 4) is 5.75 Å². The van der Waals surface area contributed by atoms with Crippen molar-refractivity contribution in [3.05, 3.63) is 48.4 Å². The van der Waals surface area contributed by atoms with E-state index < -0.39 is 0 Å². The molecule has 0 unspecified atom stereocenters. The lowest BCUT2D eigenvalue weighted by Crippen LogP contribution is -2.06. The van der Waals surface area contributed by atoms with Crippen LogP contribution >= 0.6 is 0 Å². The van der Waals surface area contributed by atoms with E-state index in [2.05, 4.69) is 5.32 Å². The molecule has 0 saturated carbocycles. The van der Waals surface area contributed by atoms with Gasteiger partial charge in [0.2, 0.25) is 0 Å². The van der Waals surface area contributed by atoms with Crippen molar-refractivity contribution in [1.82, 2.24) is 0 Å². The highest BCUT2D eigenvalue weighted by molar-refractivity contribution is 5.48. The Labute approximate surface area is 101 Å². The van der Waals surface area contributed by atoms with Crippen LogP contribution in [-0.4, -0.2) is 6.10 Å². The molecule has 0 saturated heterocycles. The van der Waals surface area contributed by atoms with Crippen LogP contribution in [0.15, 0.2) is 47.1 Å². The number of benzene rings is 1. The standard InChI is InChI=1S/C14H17NO2/c1-11(2)17-13-6-3-5-12(9-13)15-10-14-7-4-8-16-14/h3-9,11,15H,10H2,1-2H3. The van der Waals surface area contributed by atoms with Gasteiger partial charge < -0.3 is 14.5 Å². The second kappa shape index (κ2) is 5.43. The normalized spacial score (nSPS) is 10.5. The van der Waals surface area contributed by atoms with Gasteiger partial charge in [-0.25, -0.2) is 0 Å². The Morgan fingerprint density at radius 1 is 1.24 bits per heavy atom. The van der Waals surface area contributed by atoms with Gasteiger partial charge in [-0.2, -0.15) is 0 Å². The highest BCUT2D eigenvalue weighted by Crippen LogP contribution is 2.19. The summed E-state index contributed by atoms with van der Waals surface area (Å²) in [6, 6.07) is 11.8. The Bertz CT molecular complexity index is 449. The number of ether oxygens (including phenoxy) is 1. The number of rotatable bonds is 5. The zero-order chi connectivity index (χ0) is 12.1. The van der Waals surface area contributed by atoms with Crippen molar-refractivity contribution in [2.75, 3.05) is 5.32 Å². The minimum Gasteiger partial charge on any atom is -0.491 e. The van der Waals surface area contributed by atoms with Crippen molar-refractivity contribution < 1.29 is 9.15 Å². The van der Waals surface area contributed by atoms with E-state index in [1.165, 1.54) is 0 Å². The van der Waals surface area contributed by atoms with E-state index in [9.17, 15) is 0 Å². The summed E-state index contributed by atoms with van der Waals surface area (Å²) in [4.78, 5) is 0. The third kappa shape index (κ3) is 3.55. The average Bonchev–Trinajstić information content (AvgIpc) is 2.79. The van der Waals surface area contributed by atoms with Gasteiger partial charge in [-0.15, -0.1) is 0 Å². The summed E-state index contributed by atoms with van der Waals surface area (Å²) in [5, 5.41) is 3.29. The van der Waals surface area contributed by atoms with Gasteiger partial charge in [0.05, 0.1) is 18.9 Å². The molecule has 0 fully saturated rings. The van der Waals surface area contributed by atoms with Crippen LogP contribution in [0.25, 0.3) is 0 Å². The van der Waals surface area contributed by atoms with E-state index >= 15 is 0 Å². The zero-order valence-electron chi connectivity index (χ0n) is 10.1. The van der Waals surface area contributed by atoms with Gasteiger partial charge in [-0.3, -0.25) is 0 Å². The van der Waals surface area contributed by atoms with E-state index in [1.54, 1.807) is 6.26 Å².